The minimum atomic E-state index is -0.268. The standard InChI is InChI=1S/C15H15ClFN3O/c1-8-4-13-12(5-11(8)17)19-14(6-16)20(13)7-15-18-9(2)10(3)21-15/h4-5H,6-7H2,1-3H3. The fourth-order valence-corrected chi connectivity index (χ4v) is 2.52. The fraction of sp³-hybridized carbons (Fsp3) is 0.333. The molecule has 0 spiro atoms. The highest BCUT2D eigenvalue weighted by atomic mass is 35.5. The molecule has 21 heavy (non-hydrogen) atoms. The van der Waals surface area contributed by atoms with Crippen molar-refractivity contribution in [2.24, 2.45) is 0 Å². The zero-order chi connectivity index (χ0) is 15.1. The first-order valence-electron chi connectivity index (χ1n) is 6.63. The molecule has 0 unspecified atom stereocenters. The number of imidazole rings is 1. The third-order valence-corrected chi connectivity index (χ3v) is 3.83. The van der Waals surface area contributed by atoms with Gasteiger partial charge in [-0.1, -0.05) is 0 Å². The van der Waals surface area contributed by atoms with Gasteiger partial charge >= 0.3 is 0 Å². The Labute approximate surface area is 126 Å². The third-order valence-electron chi connectivity index (χ3n) is 3.59. The number of hydrogen-bond donors (Lipinski definition) is 0. The van der Waals surface area contributed by atoms with Gasteiger partial charge in [0.05, 0.1) is 22.6 Å². The predicted molar refractivity (Wildman–Crippen MR) is 79.1 cm³/mol. The van der Waals surface area contributed by atoms with Gasteiger partial charge in [-0.3, -0.25) is 0 Å². The molecule has 3 rings (SSSR count). The summed E-state index contributed by atoms with van der Waals surface area (Å²) in [5.74, 6) is 2.04. The van der Waals surface area contributed by atoms with Gasteiger partial charge in [-0.05, 0) is 32.4 Å². The lowest BCUT2D eigenvalue weighted by molar-refractivity contribution is 0.457. The quantitative estimate of drug-likeness (QED) is 0.690. The van der Waals surface area contributed by atoms with Gasteiger partial charge in [0.15, 0.2) is 0 Å². The van der Waals surface area contributed by atoms with Crippen LogP contribution in [0.25, 0.3) is 11.0 Å². The number of rotatable bonds is 3. The van der Waals surface area contributed by atoms with Gasteiger partial charge in [0.2, 0.25) is 5.89 Å². The Kier molecular flexibility index (Phi) is 3.45. The van der Waals surface area contributed by atoms with Crippen molar-refractivity contribution in [3.8, 4) is 0 Å². The van der Waals surface area contributed by atoms with Crippen molar-refractivity contribution in [1.29, 1.82) is 0 Å². The van der Waals surface area contributed by atoms with Crippen LogP contribution in [-0.4, -0.2) is 14.5 Å². The average Bonchev–Trinajstić information content (AvgIpc) is 2.92. The Hall–Kier alpha value is -1.88. The summed E-state index contributed by atoms with van der Waals surface area (Å²) in [4.78, 5) is 8.75. The topological polar surface area (TPSA) is 43.9 Å². The Bertz CT molecular complexity index is 803. The number of benzene rings is 1. The molecule has 0 N–H and O–H groups in total. The van der Waals surface area contributed by atoms with E-state index in [0.29, 0.717) is 29.3 Å². The molecule has 0 atom stereocenters. The maximum atomic E-state index is 13.7. The maximum Gasteiger partial charge on any atom is 0.214 e. The zero-order valence-corrected chi connectivity index (χ0v) is 12.8. The van der Waals surface area contributed by atoms with E-state index in [2.05, 4.69) is 9.97 Å². The molecule has 0 aliphatic rings. The summed E-state index contributed by atoms with van der Waals surface area (Å²) in [6.45, 7) is 5.93. The summed E-state index contributed by atoms with van der Waals surface area (Å²) in [6.07, 6.45) is 0. The Morgan fingerprint density at radius 1 is 1.24 bits per heavy atom. The number of oxazole rings is 1. The first-order chi connectivity index (χ1) is 9.99. The van der Waals surface area contributed by atoms with E-state index in [1.54, 1.807) is 13.0 Å². The van der Waals surface area contributed by atoms with Gasteiger partial charge in [-0.2, -0.15) is 0 Å². The fourth-order valence-electron chi connectivity index (χ4n) is 2.32. The van der Waals surface area contributed by atoms with E-state index in [-0.39, 0.29) is 11.7 Å². The van der Waals surface area contributed by atoms with E-state index in [0.717, 1.165) is 17.0 Å². The van der Waals surface area contributed by atoms with Crippen molar-refractivity contribution < 1.29 is 8.81 Å². The second-order valence-electron chi connectivity index (χ2n) is 5.09. The van der Waals surface area contributed by atoms with Crippen molar-refractivity contribution in [3.05, 3.63) is 46.7 Å². The molecule has 0 amide bonds. The van der Waals surface area contributed by atoms with Crippen molar-refractivity contribution in [2.45, 2.75) is 33.2 Å². The van der Waals surface area contributed by atoms with E-state index < -0.39 is 0 Å². The second-order valence-corrected chi connectivity index (χ2v) is 5.35. The molecule has 2 aromatic heterocycles. The average molecular weight is 308 g/mol. The number of hydrogen-bond acceptors (Lipinski definition) is 3. The van der Waals surface area contributed by atoms with Gasteiger partial charge in [-0.25, -0.2) is 14.4 Å². The molecule has 2 heterocycles. The molecular weight excluding hydrogens is 293 g/mol. The highest BCUT2D eigenvalue weighted by molar-refractivity contribution is 6.16. The van der Waals surface area contributed by atoms with Crippen LogP contribution in [0.2, 0.25) is 0 Å². The minimum Gasteiger partial charge on any atom is -0.444 e. The summed E-state index contributed by atoms with van der Waals surface area (Å²) in [5, 5.41) is 0. The van der Waals surface area contributed by atoms with Gasteiger partial charge in [-0.15, -0.1) is 11.6 Å². The molecule has 6 heteroatoms. The van der Waals surface area contributed by atoms with Crippen LogP contribution < -0.4 is 0 Å². The highest BCUT2D eigenvalue weighted by Gasteiger charge is 2.15. The molecule has 3 aromatic rings. The highest BCUT2D eigenvalue weighted by Crippen LogP contribution is 2.23. The summed E-state index contributed by atoms with van der Waals surface area (Å²) >= 11 is 5.96. The lowest BCUT2D eigenvalue weighted by atomic mass is 10.2. The summed E-state index contributed by atoms with van der Waals surface area (Å²) in [5.41, 5.74) is 2.86. The van der Waals surface area contributed by atoms with Crippen LogP contribution in [0.3, 0.4) is 0 Å². The Balaban J connectivity index is 2.13. The third kappa shape index (κ3) is 2.42. The van der Waals surface area contributed by atoms with Crippen molar-refractivity contribution in [2.75, 3.05) is 0 Å². The van der Waals surface area contributed by atoms with Crippen LogP contribution in [-0.2, 0) is 12.4 Å². The van der Waals surface area contributed by atoms with Crippen LogP contribution in [0.4, 0.5) is 4.39 Å². The summed E-state index contributed by atoms with van der Waals surface area (Å²) in [6, 6.07) is 3.21. The number of alkyl halides is 1. The molecule has 0 saturated heterocycles. The molecule has 0 saturated carbocycles. The first-order valence-corrected chi connectivity index (χ1v) is 7.17. The van der Waals surface area contributed by atoms with Crippen molar-refractivity contribution in [3.63, 3.8) is 0 Å². The molecule has 0 radical (unpaired) electrons. The number of aromatic nitrogens is 3. The van der Waals surface area contributed by atoms with Gasteiger partial charge < -0.3 is 8.98 Å². The zero-order valence-electron chi connectivity index (χ0n) is 12.1. The van der Waals surface area contributed by atoms with Crippen LogP contribution in [0.1, 0.15) is 28.7 Å². The maximum absolute atomic E-state index is 13.7. The van der Waals surface area contributed by atoms with Crippen LogP contribution in [0.5, 0.6) is 0 Å². The van der Waals surface area contributed by atoms with Crippen molar-refractivity contribution in [1.82, 2.24) is 14.5 Å². The van der Waals surface area contributed by atoms with Gasteiger partial charge in [0.1, 0.15) is 23.9 Å². The lowest BCUT2D eigenvalue weighted by Crippen LogP contribution is -2.04. The molecule has 0 fully saturated rings. The van der Waals surface area contributed by atoms with E-state index >= 15 is 0 Å². The number of halogens is 2. The molecule has 0 bridgehead atoms. The predicted octanol–water partition coefficient (Wildman–Crippen LogP) is 3.88. The molecule has 0 aliphatic heterocycles. The Morgan fingerprint density at radius 2 is 2.00 bits per heavy atom. The molecule has 4 nitrogen and oxygen atoms in total. The van der Waals surface area contributed by atoms with E-state index in [4.69, 9.17) is 16.0 Å². The second kappa shape index (κ2) is 5.15. The molecule has 110 valence electrons. The smallest absolute Gasteiger partial charge is 0.214 e. The monoisotopic (exact) mass is 307 g/mol. The molecule has 1 aromatic carbocycles. The van der Waals surface area contributed by atoms with E-state index in [1.165, 1.54) is 6.07 Å². The number of aryl methyl sites for hydroxylation is 3. The van der Waals surface area contributed by atoms with Gasteiger partial charge in [0.25, 0.3) is 0 Å². The largest absolute Gasteiger partial charge is 0.444 e. The van der Waals surface area contributed by atoms with E-state index in [9.17, 15) is 4.39 Å². The van der Waals surface area contributed by atoms with Crippen LogP contribution in [0, 0.1) is 26.6 Å². The van der Waals surface area contributed by atoms with Crippen LogP contribution >= 0.6 is 11.6 Å². The van der Waals surface area contributed by atoms with Crippen LogP contribution in [0.15, 0.2) is 16.5 Å². The number of fused-ring (bicyclic) bond motifs is 1. The minimum absolute atomic E-state index is 0.244. The summed E-state index contributed by atoms with van der Waals surface area (Å²) in [7, 11) is 0. The Morgan fingerprint density at radius 3 is 2.62 bits per heavy atom. The normalized spacial score (nSPS) is 11.5. The SMILES string of the molecule is Cc1cc2c(cc1F)nc(CCl)n2Cc1nc(C)c(C)o1. The molecular formula is C15H15ClFN3O. The summed E-state index contributed by atoms with van der Waals surface area (Å²) < 4.78 is 21.2. The first kappa shape index (κ1) is 14.1. The van der Waals surface area contributed by atoms with Gasteiger partial charge in [0, 0.05) is 6.07 Å². The lowest BCUT2D eigenvalue weighted by Gasteiger charge is -2.05. The number of nitrogens with zero attached hydrogens (tertiary/aromatic N) is 3. The van der Waals surface area contributed by atoms with Crippen molar-refractivity contribution >= 4 is 22.6 Å². The van der Waals surface area contributed by atoms with E-state index in [1.807, 2.05) is 18.4 Å². The molecule has 0 aliphatic carbocycles.